The van der Waals surface area contributed by atoms with E-state index in [0.717, 1.165) is 0 Å². The Kier molecular flexibility index (Phi) is 4.62. The summed E-state index contributed by atoms with van der Waals surface area (Å²) in [6.07, 6.45) is 1.48. The van der Waals surface area contributed by atoms with Gasteiger partial charge in [0.2, 0.25) is 0 Å². The standard InChI is InChI=1S/C10H17N3O2/c1-4-5-14-10-8(3)7(2)9(6-15-10)12-13-11/h4,7-10H,1,5-6H2,2-3H3/t7-,8-,9-,10-/m0/s1. The van der Waals surface area contributed by atoms with Crippen LogP contribution in [0.4, 0.5) is 0 Å². The van der Waals surface area contributed by atoms with Crippen LogP contribution in [0.1, 0.15) is 13.8 Å². The SMILES string of the molecule is C=CCO[C@H]1OC[C@H](N=[N+]=[N-])[C@@H](C)[C@@H]1C. The van der Waals surface area contributed by atoms with E-state index in [2.05, 4.69) is 23.5 Å². The minimum absolute atomic E-state index is 0.0893. The van der Waals surface area contributed by atoms with E-state index < -0.39 is 0 Å². The van der Waals surface area contributed by atoms with Gasteiger partial charge in [-0.15, -0.1) is 6.58 Å². The average molecular weight is 211 g/mol. The van der Waals surface area contributed by atoms with Gasteiger partial charge < -0.3 is 9.47 Å². The molecular weight excluding hydrogens is 194 g/mol. The van der Waals surface area contributed by atoms with Crippen molar-refractivity contribution in [2.24, 2.45) is 17.0 Å². The molecule has 0 aliphatic carbocycles. The summed E-state index contributed by atoms with van der Waals surface area (Å²) in [7, 11) is 0. The molecule has 0 N–H and O–H groups in total. The largest absolute Gasteiger partial charge is 0.352 e. The highest BCUT2D eigenvalue weighted by Crippen LogP contribution is 2.29. The molecule has 1 saturated heterocycles. The Morgan fingerprint density at radius 2 is 2.33 bits per heavy atom. The quantitative estimate of drug-likeness (QED) is 0.310. The van der Waals surface area contributed by atoms with Gasteiger partial charge in [0.15, 0.2) is 6.29 Å². The van der Waals surface area contributed by atoms with Crippen molar-refractivity contribution < 1.29 is 9.47 Å². The van der Waals surface area contributed by atoms with Crippen LogP contribution in [-0.4, -0.2) is 25.5 Å². The van der Waals surface area contributed by atoms with E-state index in [1.807, 2.05) is 6.92 Å². The molecular formula is C10H17N3O2. The van der Waals surface area contributed by atoms with E-state index in [1.54, 1.807) is 6.08 Å². The number of nitrogens with zero attached hydrogens (tertiary/aromatic N) is 3. The molecule has 0 radical (unpaired) electrons. The fraction of sp³-hybridized carbons (Fsp3) is 0.800. The van der Waals surface area contributed by atoms with Gasteiger partial charge in [0.25, 0.3) is 0 Å². The first-order chi connectivity index (χ1) is 7.20. The zero-order valence-corrected chi connectivity index (χ0v) is 9.17. The lowest BCUT2D eigenvalue weighted by Gasteiger charge is -2.37. The highest BCUT2D eigenvalue weighted by molar-refractivity contribution is 4.83. The Morgan fingerprint density at radius 1 is 1.60 bits per heavy atom. The molecule has 1 rings (SSSR count). The zero-order valence-electron chi connectivity index (χ0n) is 9.17. The van der Waals surface area contributed by atoms with Crippen LogP contribution in [0.3, 0.4) is 0 Å². The van der Waals surface area contributed by atoms with Crippen molar-refractivity contribution in [1.82, 2.24) is 0 Å². The lowest BCUT2D eigenvalue weighted by molar-refractivity contribution is -0.201. The highest BCUT2D eigenvalue weighted by Gasteiger charge is 2.34. The van der Waals surface area contributed by atoms with E-state index >= 15 is 0 Å². The van der Waals surface area contributed by atoms with Crippen LogP contribution in [0.15, 0.2) is 17.8 Å². The van der Waals surface area contributed by atoms with Crippen LogP contribution in [0.5, 0.6) is 0 Å². The van der Waals surface area contributed by atoms with E-state index in [4.69, 9.17) is 15.0 Å². The fourth-order valence-electron chi connectivity index (χ4n) is 1.66. The third kappa shape index (κ3) is 2.96. The number of hydrogen-bond acceptors (Lipinski definition) is 3. The van der Waals surface area contributed by atoms with Crippen LogP contribution in [-0.2, 0) is 9.47 Å². The van der Waals surface area contributed by atoms with E-state index in [9.17, 15) is 0 Å². The van der Waals surface area contributed by atoms with Gasteiger partial charge in [-0.2, -0.15) is 0 Å². The summed E-state index contributed by atoms with van der Waals surface area (Å²) in [4.78, 5) is 2.82. The molecule has 1 fully saturated rings. The van der Waals surface area contributed by atoms with Gasteiger partial charge in [-0.3, -0.25) is 0 Å². The molecule has 0 aromatic carbocycles. The second-order valence-electron chi connectivity index (χ2n) is 3.81. The Bertz CT molecular complexity index is 263. The molecule has 0 unspecified atom stereocenters. The molecule has 0 saturated carbocycles. The van der Waals surface area contributed by atoms with Crippen molar-refractivity contribution in [3.8, 4) is 0 Å². The van der Waals surface area contributed by atoms with Gasteiger partial charge in [-0.05, 0) is 11.4 Å². The van der Waals surface area contributed by atoms with Gasteiger partial charge in [0, 0.05) is 10.8 Å². The second-order valence-corrected chi connectivity index (χ2v) is 3.81. The fourth-order valence-corrected chi connectivity index (χ4v) is 1.66. The lowest BCUT2D eigenvalue weighted by atomic mass is 9.87. The van der Waals surface area contributed by atoms with Gasteiger partial charge >= 0.3 is 0 Å². The summed E-state index contributed by atoms with van der Waals surface area (Å²) in [6, 6.07) is -0.0893. The Hall–Kier alpha value is -1.03. The summed E-state index contributed by atoms with van der Waals surface area (Å²) in [6.45, 7) is 8.59. The highest BCUT2D eigenvalue weighted by atomic mass is 16.7. The topological polar surface area (TPSA) is 67.2 Å². The molecule has 1 heterocycles. The van der Waals surface area contributed by atoms with Crippen molar-refractivity contribution in [3.05, 3.63) is 23.1 Å². The van der Waals surface area contributed by atoms with Crippen LogP contribution < -0.4 is 0 Å². The average Bonchev–Trinajstić information content (AvgIpc) is 2.24. The predicted octanol–water partition coefficient (Wildman–Crippen LogP) is 2.50. The molecule has 5 heteroatoms. The molecule has 1 aliphatic heterocycles. The molecule has 15 heavy (non-hydrogen) atoms. The Balaban J connectivity index is 2.55. The van der Waals surface area contributed by atoms with Gasteiger partial charge in [0.05, 0.1) is 19.3 Å². The monoisotopic (exact) mass is 211 g/mol. The first-order valence-corrected chi connectivity index (χ1v) is 5.09. The van der Waals surface area contributed by atoms with Crippen molar-refractivity contribution in [2.75, 3.05) is 13.2 Å². The van der Waals surface area contributed by atoms with E-state index in [0.29, 0.717) is 13.2 Å². The number of rotatable bonds is 4. The summed E-state index contributed by atoms with van der Waals surface area (Å²) < 4.78 is 11.0. The van der Waals surface area contributed by atoms with Gasteiger partial charge in [0.1, 0.15) is 0 Å². The summed E-state index contributed by atoms with van der Waals surface area (Å²) in [5.41, 5.74) is 8.39. The smallest absolute Gasteiger partial charge is 0.160 e. The zero-order chi connectivity index (χ0) is 11.3. The van der Waals surface area contributed by atoms with Crippen molar-refractivity contribution in [1.29, 1.82) is 0 Å². The van der Waals surface area contributed by atoms with Crippen LogP contribution in [0.25, 0.3) is 10.4 Å². The van der Waals surface area contributed by atoms with Crippen LogP contribution in [0, 0.1) is 11.8 Å². The maximum Gasteiger partial charge on any atom is 0.160 e. The summed E-state index contributed by atoms with van der Waals surface area (Å²) >= 11 is 0. The minimum atomic E-state index is -0.219. The lowest BCUT2D eigenvalue weighted by Crippen LogP contribution is -2.43. The molecule has 0 amide bonds. The maximum atomic E-state index is 8.39. The molecule has 5 nitrogen and oxygen atoms in total. The predicted molar refractivity (Wildman–Crippen MR) is 57.2 cm³/mol. The Morgan fingerprint density at radius 3 is 2.93 bits per heavy atom. The van der Waals surface area contributed by atoms with E-state index in [-0.39, 0.29) is 24.2 Å². The third-order valence-electron chi connectivity index (χ3n) is 2.88. The van der Waals surface area contributed by atoms with Crippen molar-refractivity contribution >= 4 is 0 Å². The third-order valence-corrected chi connectivity index (χ3v) is 2.88. The number of hydrogen-bond donors (Lipinski definition) is 0. The van der Waals surface area contributed by atoms with Gasteiger partial charge in [-0.25, -0.2) is 0 Å². The molecule has 0 bridgehead atoms. The molecule has 4 atom stereocenters. The van der Waals surface area contributed by atoms with Gasteiger partial charge in [-0.1, -0.05) is 25.0 Å². The van der Waals surface area contributed by atoms with Crippen molar-refractivity contribution in [3.63, 3.8) is 0 Å². The molecule has 84 valence electrons. The van der Waals surface area contributed by atoms with Crippen LogP contribution in [0.2, 0.25) is 0 Å². The Labute approximate surface area is 89.7 Å². The van der Waals surface area contributed by atoms with Crippen molar-refractivity contribution in [2.45, 2.75) is 26.2 Å². The number of ether oxygens (including phenoxy) is 2. The number of azide groups is 1. The van der Waals surface area contributed by atoms with Crippen LogP contribution >= 0.6 is 0 Å². The first kappa shape index (κ1) is 12.0. The first-order valence-electron chi connectivity index (χ1n) is 5.09. The molecule has 0 aromatic rings. The van der Waals surface area contributed by atoms with E-state index in [1.165, 1.54) is 0 Å². The maximum absolute atomic E-state index is 8.39. The molecule has 0 aromatic heterocycles. The summed E-state index contributed by atoms with van der Waals surface area (Å²) in [5, 5.41) is 3.71. The summed E-state index contributed by atoms with van der Waals surface area (Å²) in [5.74, 6) is 0.485. The normalized spacial score (nSPS) is 35.6. The molecule has 0 spiro atoms. The molecule has 1 aliphatic rings. The minimum Gasteiger partial charge on any atom is -0.352 e. The second kappa shape index (κ2) is 5.75.